The van der Waals surface area contributed by atoms with Crippen LogP contribution in [-0.4, -0.2) is 9.79 Å². The zero-order valence-corrected chi connectivity index (χ0v) is 7.46. The van der Waals surface area contributed by atoms with Crippen LogP contribution in [0.15, 0.2) is 24.8 Å². The number of rotatable bonds is 4. The molecular weight excluding hydrogens is 188 g/mol. The third kappa shape index (κ3) is 4.30. The van der Waals surface area contributed by atoms with Gasteiger partial charge >= 0.3 is 0 Å². The van der Waals surface area contributed by atoms with Crippen molar-refractivity contribution < 1.29 is 18.9 Å². The first-order chi connectivity index (χ1) is 4.83. The van der Waals surface area contributed by atoms with E-state index in [1.165, 1.54) is 0 Å². The zero-order valence-electron chi connectivity index (χ0n) is 5.67. The van der Waals surface area contributed by atoms with Crippen molar-refractivity contribution >= 4 is 15.0 Å². The Bertz CT molecular complexity index is 235. The van der Waals surface area contributed by atoms with Gasteiger partial charge in [0.25, 0.3) is 15.0 Å². The average Bonchev–Trinajstić information content (AvgIpc) is 1.86. The van der Waals surface area contributed by atoms with Crippen LogP contribution in [0.2, 0.25) is 0 Å². The molecule has 0 rings (SSSR count). The predicted octanol–water partition coefficient (Wildman–Crippen LogP) is 1.23. The summed E-state index contributed by atoms with van der Waals surface area (Å²) in [6.07, 6.45) is 0. The third-order valence-corrected chi connectivity index (χ3v) is 4.06. The Morgan fingerprint density at radius 1 is 1.09 bits per heavy atom. The Balaban J connectivity index is 4.51. The van der Waals surface area contributed by atoms with E-state index in [1.807, 2.05) is 0 Å². The molecule has 0 aromatic carbocycles. The summed E-state index contributed by atoms with van der Waals surface area (Å²) in [5, 5.41) is 0. The van der Waals surface area contributed by atoms with Crippen molar-refractivity contribution in [2.75, 3.05) is 0 Å². The maximum atomic E-state index is 10.7. The van der Waals surface area contributed by atoms with Crippen LogP contribution in [0, 0.1) is 0 Å². The smallest absolute Gasteiger partial charge is 0.297 e. The van der Waals surface area contributed by atoms with Crippen LogP contribution < -0.4 is 4.86 Å². The second-order valence-electron chi connectivity index (χ2n) is 1.71. The van der Waals surface area contributed by atoms with E-state index >= 15 is 0 Å². The second kappa shape index (κ2) is 3.48. The largest absolute Gasteiger partial charge is 0.330 e. The summed E-state index contributed by atoms with van der Waals surface area (Å²) in [6.45, 7) is 6.02. The molecule has 0 aliphatic heterocycles. The third-order valence-electron chi connectivity index (χ3n) is 0.782. The molecule has 0 amide bonds. The van der Waals surface area contributed by atoms with Crippen LogP contribution in [0.3, 0.4) is 0 Å². The van der Waals surface area contributed by atoms with E-state index in [0.29, 0.717) is 11.6 Å². The van der Waals surface area contributed by atoms with Crippen LogP contribution in [0.5, 0.6) is 0 Å². The quantitative estimate of drug-likeness (QED) is 0.590. The van der Waals surface area contributed by atoms with E-state index < -0.39 is 15.0 Å². The number of hydrogen-bond donors (Lipinski definition) is 3. The highest BCUT2D eigenvalue weighted by Gasteiger charge is 2.23. The molecule has 2 atom stereocenters. The molecule has 2 unspecified atom stereocenters. The fraction of sp³-hybridized carbons (Fsp3) is 0. The fourth-order valence-corrected chi connectivity index (χ4v) is 2.58. The maximum Gasteiger partial charge on any atom is 0.297 e. The van der Waals surface area contributed by atoms with Crippen molar-refractivity contribution in [1.29, 1.82) is 0 Å². The molecule has 0 aromatic heterocycles. The first-order valence-corrected chi connectivity index (χ1v) is 6.00. The Morgan fingerprint density at radius 3 is 1.55 bits per heavy atom. The van der Waals surface area contributed by atoms with Gasteiger partial charge < -0.3 is 9.79 Å². The molecule has 0 spiro atoms. The topological polar surface area (TPSA) is 86.6 Å². The summed E-state index contributed by atoms with van der Waals surface area (Å²) in [5.41, 5.74) is 0. The van der Waals surface area contributed by atoms with E-state index in [-0.39, 0.29) is 0 Å². The lowest BCUT2D eigenvalue weighted by molar-refractivity contribution is 0.463. The van der Waals surface area contributed by atoms with Crippen molar-refractivity contribution in [3.05, 3.63) is 24.8 Å². The highest BCUT2D eigenvalue weighted by atomic mass is 31.2. The minimum atomic E-state index is -3.88. The van der Waals surface area contributed by atoms with Gasteiger partial charge in [-0.15, -0.1) is 0 Å². The Labute approximate surface area is 64.5 Å². The van der Waals surface area contributed by atoms with Gasteiger partial charge in [-0.05, 0) is 0 Å². The molecule has 0 radical (unpaired) electrons. The lowest BCUT2D eigenvalue weighted by Crippen LogP contribution is -2.02. The fourth-order valence-electron chi connectivity index (χ4n) is 0.287. The lowest BCUT2D eigenvalue weighted by Gasteiger charge is -2.10. The van der Waals surface area contributed by atoms with E-state index in [1.54, 1.807) is 4.86 Å². The maximum absolute atomic E-state index is 10.7. The van der Waals surface area contributed by atoms with Gasteiger partial charge in [-0.2, -0.15) is 4.86 Å². The van der Waals surface area contributed by atoms with Crippen molar-refractivity contribution in [3.63, 3.8) is 0 Å². The molecule has 64 valence electrons. The minimum absolute atomic E-state index is 0.680. The first kappa shape index (κ1) is 10.8. The van der Waals surface area contributed by atoms with Gasteiger partial charge in [0.2, 0.25) is 0 Å². The molecule has 0 heterocycles. The van der Waals surface area contributed by atoms with Gasteiger partial charge in [0.05, 0.1) is 0 Å². The lowest BCUT2D eigenvalue weighted by atomic mass is 11.3. The summed E-state index contributed by atoms with van der Waals surface area (Å²) in [7, 11) is -7.76. The van der Waals surface area contributed by atoms with Gasteiger partial charge in [0.15, 0.2) is 0 Å². The highest BCUT2D eigenvalue weighted by molar-refractivity contribution is 7.74. The van der Waals surface area contributed by atoms with Gasteiger partial charge in [-0.25, -0.2) is 0 Å². The average molecular weight is 197 g/mol. The Morgan fingerprint density at radius 2 is 1.36 bits per heavy atom. The van der Waals surface area contributed by atoms with Crippen LogP contribution in [0.25, 0.3) is 0 Å². The SMILES string of the molecule is C=CP(=O)(O)NP(=O)(O)C=C. The molecule has 5 nitrogen and oxygen atoms in total. The summed E-state index contributed by atoms with van der Waals surface area (Å²) in [5.74, 6) is 1.36. The molecule has 3 N–H and O–H groups in total. The van der Waals surface area contributed by atoms with Gasteiger partial charge in [0.1, 0.15) is 0 Å². The van der Waals surface area contributed by atoms with Crippen molar-refractivity contribution in [3.8, 4) is 0 Å². The molecular formula is C4H9NO4P2. The van der Waals surface area contributed by atoms with Crippen molar-refractivity contribution in [1.82, 2.24) is 4.86 Å². The normalized spacial score (nSPS) is 21.3. The second-order valence-corrected chi connectivity index (χ2v) is 5.73. The molecule has 0 aromatic rings. The summed E-state index contributed by atoms with van der Waals surface area (Å²) in [6, 6.07) is 0. The molecule has 0 saturated heterocycles. The van der Waals surface area contributed by atoms with Gasteiger partial charge in [-0.3, -0.25) is 9.13 Å². The van der Waals surface area contributed by atoms with Crippen LogP contribution >= 0.6 is 15.0 Å². The van der Waals surface area contributed by atoms with E-state index in [9.17, 15) is 9.13 Å². The van der Waals surface area contributed by atoms with Gasteiger partial charge in [0, 0.05) is 11.6 Å². The molecule has 7 heteroatoms. The molecule has 11 heavy (non-hydrogen) atoms. The molecule has 0 bridgehead atoms. The monoisotopic (exact) mass is 197 g/mol. The Kier molecular flexibility index (Phi) is 3.42. The van der Waals surface area contributed by atoms with E-state index in [0.717, 1.165) is 0 Å². The standard InChI is InChI=1S/C4H9NO4P2/c1-3-10(6,7)5-11(8,9)4-2/h3-4H,1-2H2,(H3,5,6,7,8,9). The summed E-state index contributed by atoms with van der Waals surface area (Å²) < 4.78 is 21.4. The van der Waals surface area contributed by atoms with Crippen molar-refractivity contribution in [2.24, 2.45) is 0 Å². The first-order valence-electron chi connectivity index (χ1n) is 2.55. The highest BCUT2D eigenvalue weighted by Crippen LogP contribution is 2.51. The number of nitrogens with one attached hydrogen (secondary N) is 1. The summed E-state index contributed by atoms with van der Waals surface area (Å²) in [4.78, 5) is 19.1. The van der Waals surface area contributed by atoms with E-state index in [2.05, 4.69) is 13.2 Å². The summed E-state index contributed by atoms with van der Waals surface area (Å²) >= 11 is 0. The van der Waals surface area contributed by atoms with E-state index in [4.69, 9.17) is 9.79 Å². The van der Waals surface area contributed by atoms with Crippen LogP contribution in [0.4, 0.5) is 0 Å². The Hall–Kier alpha value is -0.180. The zero-order chi connectivity index (χ0) is 9.12. The molecule has 0 aliphatic carbocycles. The molecule has 0 aliphatic rings. The minimum Gasteiger partial charge on any atom is -0.330 e. The van der Waals surface area contributed by atoms with Crippen LogP contribution in [-0.2, 0) is 9.13 Å². The van der Waals surface area contributed by atoms with Crippen molar-refractivity contribution in [2.45, 2.75) is 0 Å². The molecule has 0 saturated carbocycles. The number of hydrogen-bond acceptors (Lipinski definition) is 2. The predicted molar refractivity (Wildman–Crippen MR) is 43.2 cm³/mol. The van der Waals surface area contributed by atoms with Gasteiger partial charge in [-0.1, -0.05) is 13.2 Å². The van der Waals surface area contributed by atoms with Crippen LogP contribution in [0.1, 0.15) is 0 Å². The molecule has 0 fully saturated rings.